The van der Waals surface area contributed by atoms with Gasteiger partial charge in [-0.05, 0) is 36.6 Å². The minimum absolute atomic E-state index is 0.0380. The van der Waals surface area contributed by atoms with Crippen molar-refractivity contribution in [2.24, 2.45) is 0 Å². The third-order valence-corrected chi connectivity index (χ3v) is 6.09. The van der Waals surface area contributed by atoms with Crippen LogP contribution < -0.4 is 15.9 Å². The number of aromatic hydroxyl groups is 1. The Morgan fingerprint density at radius 3 is 2.69 bits per heavy atom. The zero-order chi connectivity index (χ0) is 25.1. The topological polar surface area (TPSA) is 139 Å². The summed E-state index contributed by atoms with van der Waals surface area (Å²) in [4.78, 5) is 48.8. The Labute approximate surface area is 200 Å². The van der Waals surface area contributed by atoms with Crippen molar-refractivity contribution in [2.45, 2.75) is 32.2 Å². The number of rotatable bonds is 8. The van der Waals surface area contributed by atoms with E-state index in [-0.39, 0.29) is 23.3 Å². The predicted octanol–water partition coefficient (Wildman–Crippen LogP) is 2.37. The lowest BCUT2D eigenvalue weighted by atomic mass is 9.88. The van der Waals surface area contributed by atoms with Crippen molar-refractivity contribution in [1.29, 1.82) is 0 Å². The minimum Gasteiger partial charge on any atom is -0.507 e. The van der Waals surface area contributed by atoms with Crippen LogP contribution in [0.25, 0.3) is 10.9 Å². The maximum atomic E-state index is 13.6. The first kappa shape index (κ1) is 23.8. The number of carbonyl (C=O) groups excluding carboxylic acids is 1. The number of methoxy groups -OCH3 is 2. The Morgan fingerprint density at radius 2 is 2.00 bits per heavy atom. The molecule has 0 saturated heterocycles. The maximum Gasteiger partial charge on any atom is 0.306 e. The molecule has 3 aromatic heterocycles. The Morgan fingerprint density at radius 1 is 1.20 bits per heavy atom. The summed E-state index contributed by atoms with van der Waals surface area (Å²) >= 11 is 0. The molecule has 0 aliphatic rings. The Hall–Kier alpha value is -4.34. The molecule has 3 heterocycles. The summed E-state index contributed by atoms with van der Waals surface area (Å²) in [5, 5.41) is 11.5. The number of esters is 1. The van der Waals surface area contributed by atoms with Gasteiger partial charge < -0.3 is 29.1 Å². The Kier molecular flexibility index (Phi) is 6.72. The molecular weight excluding hydrogens is 452 g/mol. The summed E-state index contributed by atoms with van der Waals surface area (Å²) in [6, 6.07) is 8.27. The number of fused-ring (bicyclic) bond motifs is 1. The first-order valence-electron chi connectivity index (χ1n) is 11.0. The zero-order valence-electron chi connectivity index (χ0n) is 19.6. The molecule has 0 aliphatic heterocycles. The number of aromatic nitrogens is 4. The molecule has 182 valence electrons. The van der Waals surface area contributed by atoms with Crippen LogP contribution in [0.15, 0.2) is 52.4 Å². The molecule has 0 aliphatic carbocycles. The van der Waals surface area contributed by atoms with Crippen LogP contribution in [-0.4, -0.2) is 44.8 Å². The van der Waals surface area contributed by atoms with Gasteiger partial charge in [0, 0.05) is 48.1 Å². The van der Waals surface area contributed by atoms with Crippen LogP contribution in [0, 0.1) is 6.92 Å². The van der Waals surface area contributed by atoms with Crippen molar-refractivity contribution in [3.8, 4) is 11.5 Å². The van der Waals surface area contributed by atoms with Gasteiger partial charge >= 0.3 is 5.97 Å². The lowest BCUT2D eigenvalue weighted by molar-refractivity contribution is -0.140. The largest absolute Gasteiger partial charge is 0.507 e. The number of aryl methyl sites for hydroxylation is 2. The van der Waals surface area contributed by atoms with E-state index >= 15 is 0 Å². The van der Waals surface area contributed by atoms with Crippen molar-refractivity contribution in [3.63, 3.8) is 0 Å². The summed E-state index contributed by atoms with van der Waals surface area (Å²) in [7, 11) is 2.76. The summed E-state index contributed by atoms with van der Waals surface area (Å²) < 4.78 is 11.6. The highest BCUT2D eigenvalue weighted by molar-refractivity contribution is 5.81. The summed E-state index contributed by atoms with van der Waals surface area (Å²) in [5.74, 6) is -1.35. The van der Waals surface area contributed by atoms with Crippen LogP contribution in [0.3, 0.4) is 0 Å². The van der Waals surface area contributed by atoms with Crippen molar-refractivity contribution < 1.29 is 19.4 Å². The molecule has 10 nitrogen and oxygen atoms in total. The lowest BCUT2D eigenvalue weighted by Gasteiger charge is -2.20. The van der Waals surface area contributed by atoms with E-state index in [0.717, 1.165) is 5.69 Å². The van der Waals surface area contributed by atoms with Crippen LogP contribution in [0.2, 0.25) is 0 Å². The van der Waals surface area contributed by atoms with E-state index in [0.29, 0.717) is 35.3 Å². The summed E-state index contributed by atoms with van der Waals surface area (Å²) in [6.45, 7) is 2.03. The highest BCUT2D eigenvalue weighted by Gasteiger charge is 2.29. The van der Waals surface area contributed by atoms with E-state index in [1.54, 1.807) is 43.7 Å². The van der Waals surface area contributed by atoms with Gasteiger partial charge in [-0.15, -0.1) is 0 Å². The lowest BCUT2D eigenvalue weighted by Crippen LogP contribution is -2.31. The molecule has 0 unspecified atom stereocenters. The van der Waals surface area contributed by atoms with Crippen molar-refractivity contribution >= 4 is 16.9 Å². The smallest absolute Gasteiger partial charge is 0.306 e. The Bertz CT molecular complexity index is 1490. The number of H-pyrrole nitrogens is 2. The molecule has 0 spiro atoms. The van der Waals surface area contributed by atoms with Crippen molar-refractivity contribution in [2.75, 3.05) is 14.2 Å². The second-order valence-corrected chi connectivity index (χ2v) is 8.21. The number of pyridine rings is 2. The number of benzene rings is 1. The number of nitrogens with zero attached hydrogens (tertiary/aromatic N) is 2. The van der Waals surface area contributed by atoms with Crippen LogP contribution in [0.5, 0.6) is 11.5 Å². The fourth-order valence-corrected chi connectivity index (χ4v) is 4.23. The van der Waals surface area contributed by atoms with Gasteiger partial charge in [0.2, 0.25) is 0 Å². The normalized spacial score (nSPS) is 12.0. The third-order valence-electron chi connectivity index (χ3n) is 6.09. The average molecular weight is 479 g/mol. The average Bonchev–Trinajstić information content (AvgIpc) is 3.35. The first-order chi connectivity index (χ1) is 16.8. The van der Waals surface area contributed by atoms with E-state index in [9.17, 15) is 19.5 Å². The maximum absolute atomic E-state index is 13.6. The number of hydrogen-bond acceptors (Lipinski definition) is 7. The van der Waals surface area contributed by atoms with Crippen LogP contribution >= 0.6 is 0 Å². The number of imidazole rings is 1. The number of nitrogens with one attached hydrogen (secondary N) is 2. The third kappa shape index (κ3) is 4.81. The second-order valence-electron chi connectivity index (χ2n) is 8.21. The summed E-state index contributed by atoms with van der Waals surface area (Å²) in [5.41, 5.74) is 1.10. The van der Waals surface area contributed by atoms with E-state index in [2.05, 4.69) is 15.0 Å². The van der Waals surface area contributed by atoms with Crippen LogP contribution in [-0.2, 0) is 22.5 Å². The van der Waals surface area contributed by atoms with Crippen molar-refractivity contribution in [3.05, 3.63) is 86.1 Å². The van der Waals surface area contributed by atoms with Gasteiger partial charge in [0.1, 0.15) is 11.5 Å². The van der Waals surface area contributed by atoms with E-state index < -0.39 is 23.0 Å². The molecule has 1 aromatic carbocycles. The number of hydrogen-bond donors (Lipinski definition) is 3. The van der Waals surface area contributed by atoms with E-state index in [4.69, 9.17) is 9.47 Å². The van der Waals surface area contributed by atoms with Gasteiger partial charge in [-0.25, -0.2) is 4.98 Å². The molecule has 1 atom stereocenters. The molecule has 4 aromatic rings. The Balaban J connectivity index is 1.86. The minimum atomic E-state index is -1.02. The van der Waals surface area contributed by atoms with Crippen LogP contribution in [0.4, 0.5) is 0 Å². The van der Waals surface area contributed by atoms with E-state index in [1.165, 1.54) is 24.9 Å². The van der Waals surface area contributed by atoms with Crippen molar-refractivity contribution in [1.82, 2.24) is 19.5 Å². The van der Waals surface area contributed by atoms with Gasteiger partial charge in [-0.1, -0.05) is 0 Å². The molecule has 4 rings (SSSR count). The predicted molar refractivity (Wildman–Crippen MR) is 129 cm³/mol. The molecule has 0 bridgehead atoms. The second kappa shape index (κ2) is 9.88. The van der Waals surface area contributed by atoms with Gasteiger partial charge in [0.15, 0.2) is 0 Å². The highest BCUT2D eigenvalue weighted by Crippen LogP contribution is 2.32. The molecule has 35 heavy (non-hydrogen) atoms. The summed E-state index contributed by atoms with van der Waals surface area (Å²) in [6.07, 6.45) is 3.44. The fraction of sp³-hybridized carbons (Fsp3) is 0.280. The van der Waals surface area contributed by atoms with E-state index in [1.807, 2.05) is 0 Å². The monoisotopic (exact) mass is 478 g/mol. The molecule has 0 radical (unpaired) electrons. The molecule has 0 amide bonds. The SMILES string of the molecule is COC(=O)C[C@@H](c1cc2ccc(OC)cc2[nH]c1=O)c1c(O)cc(C)n(CCc2cnc[nH]2)c1=O. The van der Waals surface area contributed by atoms with Crippen LogP contribution in [0.1, 0.15) is 34.9 Å². The molecule has 3 N–H and O–H groups in total. The number of ether oxygens (including phenoxy) is 2. The first-order valence-corrected chi connectivity index (χ1v) is 11.0. The number of aromatic amines is 2. The quantitative estimate of drug-likeness (QED) is 0.330. The molecule has 0 saturated carbocycles. The zero-order valence-corrected chi connectivity index (χ0v) is 19.6. The van der Waals surface area contributed by atoms with Gasteiger partial charge in [-0.3, -0.25) is 14.4 Å². The highest BCUT2D eigenvalue weighted by atomic mass is 16.5. The number of carbonyl (C=O) groups is 1. The van der Waals surface area contributed by atoms with Gasteiger partial charge in [-0.2, -0.15) is 0 Å². The van der Waals surface area contributed by atoms with Gasteiger partial charge in [0.05, 0.1) is 38.0 Å². The fourth-order valence-electron chi connectivity index (χ4n) is 4.23. The molecule has 0 fully saturated rings. The molecule has 10 heteroatoms. The van der Waals surface area contributed by atoms with Gasteiger partial charge in [0.25, 0.3) is 11.1 Å². The standard InChI is InChI=1S/C25H26N4O6/c1-14-8-21(30)23(25(33)29(14)7-6-16-12-26-13-27-16)18(11-22(31)35-3)19-9-15-4-5-17(34-2)10-20(15)28-24(19)32/h4-5,8-10,12-13,18,30H,6-7,11H2,1-3H3,(H,26,27)(H,28,32)/t18-/m0/s1. The molecular formula is C25H26N4O6.